The average molecular weight is 305 g/mol. The first-order chi connectivity index (χ1) is 10.5. The van der Waals surface area contributed by atoms with E-state index in [4.69, 9.17) is 4.74 Å². The summed E-state index contributed by atoms with van der Waals surface area (Å²) < 4.78 is 11.6. The van der Waals surface area contributed by atoms with Crippen LogP contribution in [-0.2, 0) is 11.3 Å². The molecule has 0 aliphatic carbocycles. The zero-order chi connectivity index (χ0) is 16.1. The predicted octanol–water partition coefficient (Wildman–Crippen LogP) is 1.97. The van der Waals surface area contributed by atoms with E-state index < -0.39 is 10.9 Å². The normalized spacial score (nSPS) is 10.3. The quantitative estimate of drug-likeness (QED) is 0.460. The Labute approximate surface area is 126 Å². The molecule has 1 aromatic heterocycles. The van der Waals surface area contributed by atoms with Gasteiger partial charge in [-0.3, -0.25) is 0 Å². The molecule has 0 saturated heterocycles. The number of carbonyl (C=O) groups is 1. The van der Waals surface area contributed by atoms with Crippen molar-refractivity contribution in [3.05, 3.63) is 52.0 Å². The second kappa shape index (κ2) is 6.70. The van der Waals surface area contributed by atoms with Crippen molar-refractivity contribution in [2.75, 3.05) is 13.7 Å². The molecule has 0 unspecified atom stereocenters. The lowest BCUT2D eigenvalue weighted by molar-refractivity contribution is -0.392. The van der Waals surface area contributed by atoms with Gasteiger partial charge >= 0.3 is 11.8 Å². The molecule has 1 aromatic carbocycles. The maximum absolute atomic E-state index is 11.4. The van der Waals surface area contributed by atoms with Gasteiger partial charge in [-0.05, 0) is 23.1 Å². The molecule has 22 heavy (non-hydrogen) atoms. The summed E-state index contributed by atoms with van der Waals surface area (Å²) in [5.41, 5.74) is 0.379. The third kappa shape index (κ3) is 3.40. The molecule has 0 saturated carbocycles. The fraction of sp³-hybridized carbons (Fsp3) is 0.286. The summed E-state index contributed by atoms with van der Waals surface area (Å²) in [5.74, 6) is 0.498. The van der Waals surface area contributed by atoms with Crippen LogP contribution in [0, 0.1) is 17.0 Å². The molecule has 8 heteroatoms. The van der Waals surface area contributed by atoms with Gasteiger partial charge in [0.15, 0.2) is 5.82 Å². The van der Waals surface area contributed by atoms with E-state index in [2.05, 4.69) is 9.72 Å². The zero-order valence-corrected chi connectivity index (χ0v) is 12.2. The lowest BCUT2D eigenvalue weighted by Gasteiger charge is -2.07. The third-order valence-electron chi connectivity index (χ3n) is 3.06. The van der Waals surface area contributed by atoms with E-state index in [-0.39, 0.29) is 19.0 Å². The first-order valence-electron chi connectivity index (χ1n) is 6.50. The molecule has 0 atom stereocenters. The van der Waals surface area contributed by atoms with E-state index in [0.717, 1.165) is 0 Å². The molecular formula is C14H15N3O5. The van der Waals surface area contributed by atoms with Gasteiger partial charge in [-0.25, -0.2) is 14.3 Å². The molecular weight excluding hydrogens is 290 g/mol. The highest BCUT2D eigenvalue weighted by Gasteiger charge is 2.17. The number of esters is 1. The number of hydrogen-bond donors (Lipinski definition) is 0. The first-order valence-corrected chi connectivity index (χ1v) is 6.50. The molecule has 0 radical (unpaired) electrons. The number of nitro groups is 1. The summed E-state index contributed by atoms with van der Waals surface area (Å²) in [4.78, 5) is 25.7. The Bertz CT molecular complexity index is 696. The fourth-order valence-corrected chi connectivity index (χ4v) is 1.96. The molecule has 0 fully saturated rings. The molecule has 2 aromatic rings. The fourth-order valence-electron chi connectivity index (χ4n) is 1.96. The predicted molar refractivity (Wildman–Crippen MR) is 76.9 cm³/mol. The van der Waals surface area contributed by atoms with Crippen LogP contribution in [0.1, 0.15) is 16.2 Å². The van der Waals surface area contributed by atoms with Gasteiger partial charge in [0.05, 0.1) is 12.7 Å². The van der Waals surface area contributed by atoms with Crippen LogP contribution in [0.5, 0.6) is 5.75 Å². The number of ether oxygens (including phenoxy) is 2. The van der Waals surface area contributed by atoms with Gasteiger partial charge in [0.2, 0.25) is 0 Å². The van der Waals surface area contributed by atoms with Gasteiger partial charge in [-0.1, -0.05) is 6.07 Å². The minimum atomic E-state index is -0.488. The number of carbonyl (C=O) groups excluding carboxylic acids is 1. The first kappa shape index (κ1) is 15.5. The Balaban J connectivity index is 2.01. The minimum absolute atomic E-state index is 0.0792. The number of nitrogens with zero attached hydrogens (tertiary/aromatic N) is 3. The van der Waals surface area contributed by atoms with Gasteiger partial charge < -0.3 is 19.6 Å². The van der Waals surface area contributed by atoms with Gasteiger partial charge in [0, 0.05) is 6.92 Å². The molecule has 116 valence electrons. The largest absolute Gasteiger partial charge is 0.489 e. The molecule has 8 nitrogen and oxygen atoms in total. The third-order valence-corrected chi connectivity index (χ3v) is 3.06. The van der Waals surface area contributed by atoms with E-state index in [1.807, 2.05) is 0 Å². The molecule has 0 N–H and O–H groups in total. The second-order valence-electron chi connectivity index (χ2n) is 4.44. The maximum atomic E-state index is 11.4. The molecule has 0 amide bonds. The van der Waals surface area contributed by atoms with Crippen LogP contribution in [0.3, 0.4) is 0 Å². The number of benzene rings is 1. The van der Waals surface area contributed by atoms with E-state index in [1.54, 1.807) is 31.2 Å². The van der Waals surface area contributed by atoms with Crippen molar-refractivity contribution < 1.29 is 19.2 Å². The molecule has 0 aliphatic heterocycles. The summed E-state index contributed by atoms with van der Waals surface area (Å²) in [6.45, 7) is 2.18. The average Bonchev–Trinajstić information content (AvgIpc) is 2.88. The number of aryl methyl sites for hydroxylation is 1. The summed E-state index contributed by atoms with van der Waals surface area (Å²) in [6.07, 6.45) is 1.22. The summed E-state index contributed by atoms with van der Waals surface area (Å²) in [5, 5.41) is 10.9. The highest BCUT2D eigenvalue weighted by atomic mass is 16.6. The summed E-state index contributed by atoms with van der Waals surface area (Å²) in [7, 11) is 1.30. The number of rotatable bonds is 6. The SMILES string of the molecule is COC(=O)c1cccc(OCCn2c([N+](=O)[O-])cnc2C)c1. The van der Waals surface area contributed by atoms with Gasteiger partial charge in [0.1, 0.15) is 25.1 Å². The van der Waals surface area contributed by atoms with Crippen molar-refractivity contribution in [1.82, 2.24) is 9.55 Å². The van der Waals surface area contributed by atoms with E-state index in [1.165, 1.54) is 17.9 Å². The molecule has 1 heterocycles. The van der Waals surface area contributed by atoms with Crippen LogP contribution in [0.15, 0.2) is 30.5 Å². The summed E-state index contributed by atoms with van der Waals surface area (Å²) in [6, 6.07) is 6.54. The number of methoxy groups -OCH3 is 1. The van der Waals surface area contributed by atoms with Crippen molar-refractivity contribution in [2.45, 2.75) is 13.5 Å². The Morgan fingerprint density at radius 2 is 2.23 bits per heavy atom. The molecule has 2 rings (SSSR count). The smallest absolute Gasteiger partial charge is 0.342 e. The van der Waals surface area contributed by atoms with Crippen LogP contribution in [0.25, 0.3) is 0 Å². The number of aromatic nitrogens is 2. The minimum Gasteiger partial charge on any atom is -0.489 e. The highest BCUT2D eigenvalue weighted by Crippen LogP contribution is 2.16. The van der Waals surface area contributed by atoms with Gasteiger partial charge in [0.25, 0.3) is 0 Å². The van der Waals surface area contributed by atoms with E-state index >= 15 is 0 Å². The lowest BCUT2D eigenvalue weighted by Crippen LogP contribution is -2.12. The van der Waals surface area contributed by atoms with Crippen molar-refractivity contribution in [3.8, 4) is 5.75 Å². The topological polar surface area (TPSA) is 96.5 Å². The Morgan fingerprint density at radius 1 is 1.45 bits per heavy atom. The second-order valence-corrected chi connectivity index (χ2v) is 4.44. The van der Waals surface area contributed by atoms with E-state index in [0.29, 0.717) is 17.1 Å². The van der Waals surface area contributed by atoms with Crippen molar-refractivity contribution in [2.24, 2.45) is 0 Å². The molecule has 0 bridgehead atoms. The van der Waals surface area contributed by atoms with Crippen molar-refractivity contribution in [1.29, 1.82) is 0 Å². The number of hydrogen-bond acceptors (Lipinski definition) is 6. The Morgan fingerprint density at radius 3 is 2.91 bits per heavy atom. The van der Waals surface area contributed by atoms with Crippen LogP contribution in [0.2, 0.25) is 0 Å². The van der Waals surface area contributed by atoms with Gasteiger partial charge in [-0.2, -0.15) is 0 Å². The van der Waals surface area contributed by atoms with Crippen LogP contribution in [0.4, 0.5) is 5.82 Å². The van der Waals surface area contributed by atoms with E-state index in [9.17, 15) is 14.9 Å². The Kier molecular flexibility index (Phi) is 4.72. The van der Waals surface area contributed by atoms with Crippen LogP contribution in [-0.4, -0.2) is 34.2 Å². The number of imidazole rings is 1. The lowest BCUT2D eigenvalue weighted by atomic mass is 10.2. The zero-order valence-electron chi connectivity index (χ0n) is 12.2. The van der Waals surface area contributed by atoms with Crippen molar-refractivity contribution in [3.63, 3.8) is 0 Å². The molecule has 0 spiro atoms. The summed E-state index contributed by atoms with van der Waals surface area (Å²) >= 11 is 0. The Hall–Kier alpha value is -2.90. The van der Waals surface area contributed by atoms with Crippen molar-refractivity contribution >= 4 is 11.8 Å². The van der Waals surface area contributed by atoms with Gasteiger partial charge in [-0.15, -0.1) is 0 Å². The van der Waals surface area contributed by atoms with Crippen LogP contribution < -0.4 is 4.74 Å². The van der Waals surface area contributed by atoms with Crippen LogP contribution >= 0.6 is 0 Å². The molecule has 0 aliphatic rings. The maximum Gasteiger partial charge on any atom is 0.342 e. The standard InChI is InChI=1S/C14H15N3O5/c1-10-15-9-13(17(19)20)16(10)6-7-22-12-5-3-4-11(8-12)14(18)21-2/h3-5,8-9H,6-7H2,1-2H3. The monoisotopic (exact) mass is 305 g/mol. The highest BCUT2D eigenvalue weighted by molar-refractivity contribution is 5.89.